The molecule has 2 heterocycles. The molecule has 0 aliphatic rings. The number of nitrogens with one attached hydrogen (secondary N) is 1. The monoisotopic (exact) mass is 436 g/mol. The zero-order chi connectivity index (χ0) is 22.0. The van der Waals surface area contributed by atoms with Gasteiger partial charge in [-0.05, 0) is 37.6 Å². The molecule has 0 amide bonds. The van der Waals surface area contributed by atoms with E-state index >= 15 is 0 Å². The number of aliphatic imine (C=N–C) groups is 1. The lowest BCUT2D eigenvalue weighted by atomic mass is 10.1. The lowest BCUT2D eigenvalue weighted by Gasteiger charge is -2.08. The molecular formula is C23H24N4O3S. The molecule has 0 atom stereocenters. The summed E-state index contributed by atoms with van der Waals surface area (Å²) in [5.74, 6) is 1.26. The summed E-state index contributed by atoms with van der Waals surface area (Å²) < 4.78 is 13.3. The van der Waals surface area contributed by atoms with Gasteiger partial charge in [-0.2, -0.15) is 4.68 Å². The van der Waals surface area contributed by atoms with Crippen molar-refractivity contribution in [1.29, 1.82) is 0 Å². The van der Waals surface area contributed by atoms with Gasteiger partial charge in [0.25, 0.3) is 5.56 Å². The van der Waals surface area contributed by atoms with E-state index in [1.807, 2.05) is 43.3 Å². The van der Waals surface area contributed by atoms with E-state index in [2.05, 4.69) is 17.0 Å². The molecular weight excluding hydrogens is 412 g/mol. The average Bonchev–Trinajstić information content (AvgIpc) is 3.35. The third kappa shape index (κ3) is 3.98. The van der Waals surface area contributed by atoms with E-state index in [-0.39, 0.29) is 5.56 Å². The molecule has 0 aliphatic carbocycles. The number of hydrogen-bond donors (Lipinski definition) is 1. The Hall–Kier alpha value is -3.39. The Morgan fingerprint density at radius 1 is 1.19 bits per heavy atom. The maximum Gasteiger partial charge on any atom is 0.282 e. The van der Waals surface area contributed by atoms with Gasteiger partial charge < -0.3 is 9.47 Å². The topological polar surface area (TPSA) is 81.5 Å². The number of hydrogen-bond acceptors (Lipinski definition) is 6. The number of nitrogens with zero attached hydrogens (tertiary/aromatic N) is 3. The number of aryl methyl sites for hydroxylation is 1. The van der Waals surface area contributed by atoms with E-state index in [1.165, 1.54) is 16.0 Å². The van der Waals surface area contributed by atoms with Gasteiger partial charge >= 0.3 is 0 Å². The molecule has 1 N–H and O–H groups in total. The van der Waals surface area contributed by atoms with Crippen LogP contribution in [0, 0.1) is 0 Å². The molecule has 0 aliphatic heterocycles. The van der Waals surface area contributed by atoms with E-state index in [0.29, 0.717) is 33.6 Å². The van der Waals surface area contributed by atoms with Crippen LogP contribution in [0.3, 0.4) is 0 Å². The van der Waals surface area contributed by atoms with Crippen molar-refractivity contribution in [2.24, 2.45) is 4.99 Å². The third-order valence-corrected chi connectivity index (χ3v) is 6.00. The second-order valence-corrected chi connectivity index (χ2v) is 8.06. The molecule has 4 rings (SSSR count). The second kappa shape index (κ2) is 8.77. The van der Waals surface area contributed by atoms with Gasteiger partial charge in [-0.3, -0.25) is 9.89 Å². The van der Waals surface area contributed by atoms with E-state index in [1.54, 1.807) is 20.3 Å². The zero-order valence-corrected chi connectivity index (χ0v) is 18.7. The molecule has 2 aromatic heterocycles. The average molecular weight is 437 g/mol. The van der Waals surface area contributed by atoms with E-state index in [0.717, 1.165) is 28.8 Å². The normalized spacial score (nSPS) is 11.8. The first-order valence-corrected chi connectivity index (χ1v) is 10.8. The Labute approximate surface area is 184 Å². The number of aromatic amines is 1. The fraction of sp³-hybridized carbons (Fsp3) is 0.261. The van der Waals surface area contributed by atoms with Gasteiger partial charge in [0.15, 0.2) is 0 Å². The summed E-state index contributed by atoms with van der Waals surface area (Å²) in [5, 5.41) is 3.88. The number of benzene rings is 2. The van der Waals surface area contributed by atoms with Gasteiger partial charge in [0, 0.05) is 11.8 Å². The molecule has 2 aromatic carbocycles. The molecule has 8 heteroatoms. The van der Waals surface area contributed by atoms with E-state index in [9.17, 15) is 4.79 Å². The number of ether oxygens (including phenoxy) is 2. The fourth-order valence-corrected chi connectivity index (χ4v) is 4.42. The molecule has 0 saturated heterocycles. The minimum Gasteiger partial charge on any atom is -0.497 e. The van der Waals surface area contributed by atoms with Gasteiger partial charge in [-0.1, -0.05) is 36.8 Å². The highest BCUT2D eigenvalue weighted by Gasteiger charge is 2.20. The first kappa shape index (κ1) is 20.9. The summed E-state index contributed by atoms with van der Waals surface area (Å²) in [6.45, 7) is 3.92. The molecule has 0 spiro atoms. The Morgan fingerprint density at radius 3 is 2.71 bits per heavy atom. The van der Waals surface area contributed by atoms with Gasteiger partial charge in [0.05, 0.1) is 35.7 Å². The van der Waals surface area contributed by atoms with Crippen LogP contribution in [-0.2, 0) is 6.42 Å². The molecule has 0 radical (unpaired) electrons. The summed E-state index contributed by atoms with van der Waals surface area (Å²) >= 11 is 1.48. The number of methoxy groups -OCH3 is 2. The number of thiazole rings is 1. The van der Waals surface area contributed by atoms with E-state index < -0.39 is 0 Å². The van der Waals surface area contributed by atoms with Crippen LogP contribution < -0.4 is 15.0 Å². The predicted octanol–water partition coefficient (Wildman–Crippen LogP) is 4.89. The summed E-state index contributed by atoms with van der Waals surface area (Å²) in [5.41, 5.74) is 3.38. The standard InChI is InChI=1S/C23H24N4O3S/c1-5-8-18-21(14(2)24-16-12-11-15(29-3)13-19(16)30-4)22(28)27(26-18)23-25-17-9-6-7-10-20(17)31-23/h6-7,9-13,26H,5,8H2,1-4H3. The minimum atomic E-state index is -0.156. The Balaban J connectivity index is 1.82. The number of rotatable bonds is 7. The highest BCUT2D eigenvalue weighted by Crippen LogP contribution is 2.32. The van der Waals surface area contributed by atoms with E-state index in [4.69, 9.17) is 14.5 Å². The van der Waals surface area contributed by atoms with Gasteiger partial charge in [-0.25, -0.2) is 9.98 Å². The SMILES string of the molecule is CCCc1[nH]n(-c2nc3ccccc3s2)c(=O)c1C(C)=Nc1ccc(OC)cc1OC. The number of H-pyrrole nitrogens is 1. The van der Waals surface area contributed by atoms with Crippen molar-refractivity contribution >= 4 is 33.0 Å². The first-order valence-electron chi connectivity index (χ1n) is 10.0. The largest absolute Gasteiger partial charge is 0.497 e. The molecule has 0 unspecified atom stereocenters. The molecule has 7 nitrogen and oxygen atoms in total. The molecule has 0 fully saturated rings. The van der Waals surface area contributed by atoms with Crippen molar-refractivity contribution in [1.82, 2.24) is 14.8 Å². The summed E-state index contributed by atoms with van der Waals surface area (Å²) in [4.78, 5) is 22.7. The van der Waals surface area contributed by atoms with Crippen molar-refractivity contribution in [3.05, 3.63) is 64.1 Å². The zero-order valence-electron chi connectivity index (χ0n) is 17.9. The van der Waals surface area contributed by atoms with Crippen LogP contribution in [0.25, 0.3) is 15.3 Å². The molecule has 0 saturated carbocycles. The molecule has 0 bridgehead atoms. The smallest absolute Gasteiger partial charge is 0.282 e. The fourth-order valence-electron chi connectivity index (χ4n) is 3.49. The van der Waals surface area contributed by atoms with Crippen LogP contribution in [0.15, 0.2) is 52.3 Å². The van der Waals surface area contributed by atoms with Crippen molar-refractivity contribution in [3.8, 4) is 16.6 Å². The highest BCUT2D eigenvalue weighted by atomic mass is 32.1. The van der Waals surface area contributed by atoms with Crippen molar-refractivity contribution in [2.75, 3.05) is 14.2 Å². The molecule has 160 valence electrons. The maximum absolute atomic E-state index is 13.4. The lowest BCUT2D eigenvalue weighted by Crippen LogP contribution is -2.19. The summed E-state index contributed by atoms with van der Waals surface area (Å²) in [7, 11) is 3.19. The van der Waals surface area contributed by atoms with Crippen molar-refractivity contribution < 1.29 is 9.47 Å². The molecule has 31 heavy (non-hydrogen) atoms. The Morgan fingerprint density at radius 2 is 2.00 bits per heavy atom. The van der Waals surface area contributed by atoms with Gasteiger partial charge in [0.2, 0.25) is 5.13 Å². The van der Waals surface area contributed by atoms with Crippen LogP contribution in [0.5, 0.6) is 11.5 Å². The predicted molar refractivity (Wildman–Crippen MR) is 125 cm³/mol. The Kier molecular flexibility index (Phi) is 5.90. The van der Waals surface area contributed by atoms with Crippen LogP contribution >= 0.6 is 11.3 Å². The molecule has 4 aromatic rings. The summed E-state index contributed by atoms with van der Waals surface area (Å²) in [6.07, 6.45) is 1.63. The van der Waals surface area contributed by atoms with Crippen LogP contribution in [0.1, 0.15) is 31.5 Å². The lowest BCUT2D eigenvalue weighted by molar-refractivity contribution is 0.395. The third-order valence-electron chi connectivity index (χ3n) is 4.98. The number of aromatic nitrogens is 3. The van der Waals surface area contributed by atoms with Crippen LogP contribution in [-0.4, -0.2) is 34.7 Å². The highest BCUT2D eigenvalue weighted by molar-refractivity contribution is 7.20. The quantitative estimate of drug-likeness (QED) is 0.419. The van der Waals surface area contributed by atoms with Gasteiger partial charge in [-0.15, -0.1) is 0 Å². The second-order valence-electron chi connectivity index (χ2n) is 7.06. The number of para-hydroxylation sites is 1. The Bertz CT molecular complexity index is 1280. The van der Waals surface area contributed by atoms with Crippen LogP contribution in [0.2, 0.25) is 0 Å². The van der Waals surface area contributed by atoms with Gasteiger partial charge in [0.1, 0.15) is 17.2 Å². The summed E-state index contributed by atoms with van der Waals surface area (Å²) in [6, 6.07) is 13.3. The van der Waals surface area contributed by atoms with Crippen LogP contribution in [0.4, 0.5) is 5.69 Å². The number of fused-ring (bicyclic) bond motifs is 1. The first-order chi connectivity index (χ1) is 15.0. The maximum atomic E-state index is 13.4. The van der Waals surface area contributed by atoms with Crippen molar-refractivity contribution in [2.45, 2.75) is 26.7 Å². The van der Waals surface area contributed by atoms with Crippen molar-refractivity contribution in [3.63, 3.8) is 0 Å². The minimum absolute atomic E-state index is 0.156.